The molecule has 1 aliphatic carbocycles. The Balaban J connectivity index is 1.42. The summed E-state index contributed by atoms with van der Waals surface area (Å²) in [4.78, 5) is 28.4. The molecule has 0 unspecified atom stereocenters. The first-order valence-corrected chi connectivity index (χ1v) is 9.20. The summed E-state index contributed by atoms with van der Waals surface area (Å²) in [6, 6.07) is 10.3. The zero-order chi connectivity index (χ0) is 18.5. The molecule has 0 atom stereocenters. The first-order valence-electron chi connectivity index (χ1n) is 9.20. The summed E-state index contributed by atoms with van der Waals surface area (Å²) in [5, 5.41) is 4.15. The molecule has 1 aromatic carbocycles. The number of nitrogens with one attached hydrogen (secondary N) is 1. The highest BCUT2D eigenvalue weighted by molar-refractivity contribution is 5.98. The minimum atomic E-state index is -0.0359. The van der Waals surface area contributed by atoms with E-state index in [-0.39, 0.29) is 23.4 Å². The molecule has 1 spiro atoms. The van der Waals surface area contributed by atoms with Gasteiger partial charge in [0.2, 0.25) is 0 Å². The van der Waals surface area contributed by atoms with Crippen molar-refractivity contribution in [3.8, 4) is 0 Å². The Bertz CT molecular complexity index is 864. The number of hydrogen-bond acceptors (Lipinski definition) is 2. The highest BCUT2D eigenvalue weighted by Crippen LogP contribution is 2.48. The summed E-state index contributed by atoms with van der Waals surface area (Å²) < 4.78 is 1.99. The molecule has 4 rings (SSSR count). The van der Waals surface area contributed by atoms with E-state index in [0.29, 0.717) is 0 Å². The van der Waals surface area contributed by atoms with Crippen LogP contribution in [0.1, 0.15) is 29.8 Å². The number of aryl methyl sites for hydroxylation is 1. The van der Waals surface area contributed by atoms with Gasteiger partial charge in [0.05, 0.1) is 0 Å². The highest BCUT2D eigenvalue weighted by Gasteiger charge is 2.50. The zero-order valence-corrected chi connectivity index (χ0v) is 15.7. The van der Waals surface area contributed by atoms with Crippen LogP contribution in [-0.2, 0) is 7.05 Å². The Morgan fingerprint density at radius 2 is 1.96 bits per heavy atom. The average Bonchev–Trinajstić information content (AvgIpc) is 3.17. The molecule has 26 heavy (non-hydrogen) atoms. The maximum atomic E-state index is 13.0. The van der Waals surface area contributed by atoms with E-state index < -0.39 is 0 Å². The minimum absolute atomic E-state index is 0.0359. The van der Waals surface area contributed by atoms with E-state index in [1.165, 1.54) is 0 Å². The quantitative estimate of drug-likeness (QED) is 0.901. The van der Waals surface area contributed by atoms with E-state index in [1.54, 1.807) is 19.0 Å². The maximum absolute atomic E-state index is 13.0. The van der Waals surface area contributed by atoms with E-state index in [1.807, 2.05) is 46.8 Å². The van der Waals surface area contributed by atoms with Crippen LogP contribution in [0.2, 0.25) is 0 Å². The second kappa shape index (κ2) is 6.04. The molecule has 1 N–H and O–H groups in total. The van der Waals surface area contributed by atoms with Crippen LogP contribution in [-0.4, -0.2) is 59.5 Å². The fraction of sp³-hybridized carbons (Fsp3) is 0.500. The number of aromatic nitrogens is 1. The number of amides is 3. The van der Waals surface area contributed by atoms with Crippen LogP contribution < -0.4 is 5.32 Å². The van der Waals surface area contributed by atoms with Crippen LogP contribution in [0, 0.1) is 5.41 Å². The first kappa shape index (κ1) is 16.9. The largest absolute Gasteiger partial charge is 0.340 e. The average molecular weight is 354 g/mol. The van der Waals surface area contributed by atoms with E-state index in [9.17, 15) is 9.59 Å². The number of benzene rings is 1. The summed E-state index contributed by atoms with van der Waals surface area (Å²) in [6.07, 6.45) is 2.95. The van der Waals surface area contributed by atoms with Gasteiger partial charge in [-0.1, -0.05) is 18.2 Å². The van der Waals surface area contributed by atoms with Crippen LogP contribution in [0.5, 0.6) is 0 Å². The number of urea groups is 1. The Morgan fingerprint density at radius 3 is 2.65 bits per heavy atom. The van der Waals surface area contributed by atoms with Crippen molar-refractivity contribution in [1.82, 2.24) is 19.7 Å². The Morgan fingerprint density at radius 1 is 1.23 bits per heavy atom. The summed E-state index contributed by atoms with van der Waals surface area (Å²) in [5.41, 5.74) is 2.02. The van der Waals surface area contributed by atoms with Gasteiger partial charge in [-0.25, -0.2) is 4.79 Å². The Hall–Kier alpha value is -2.50. The molecular weight excluding hydrogens is 328 g/mol. The molecule has 1 saturated heterocycles. The van der Waals surface area contributed by atoms with E-state index in [0.717, 1.165) is 48.9 Å². The number of nitrogens with zero attached hydrogens (tertiary/aromatic N) is 3. The SMILES string of the molecule is CN(C)C(=O)NC1CC2(CCN(C(=O)c3cc4ccccc4n3C)C2)C1. The van der Waals surface area contributed by atoms with Crippen molar-refractivity contribution in [2.75, 3.05) is 27.2 Å². The van der Waals surface area contributed by atoms with Gasteiger partial charge in [0, 0.05) is 51.2 Å². The predicted molar refractivity (Wildman–Crippen MR) is 101 cm³/mol. The number of hydrogen-bond donors (Lipinski definition) is 1. The van der Waals surface area contributed by atoms with Gasteiger partial charge in [-0.15, -0.1) is 0 Å². The monoisotopic (exact) mass is 354 g/mol. The summed E-state index contributed by atoms with van der Waals surface area (Å²) in [6.45, 7) is 1.59. The van der Waals surface area contributed by atoms with Crippen molar-refractivity contribution in [2.45, 2.75) is 25.3 Å². The second-order valence-electron chi connectivity index (χ2n) is 8.07. The first-order chi connectivity index (χ1) is 12.4. The molecule has 0 bridgehead atoms. The van der Waals surface area contributed by atoms with Gasteiger partial charge in [-0.05, 0) is 36.8 Å². The number of carbonyl (C=O) groups excluding carboxylic acids is 2. The van der Waals surface area contributed by atoms with E-state index in [4.69, 9.17) is 0 Å². The second-order valence-corrected chi connectivity index (χ2v) is 8.07. The summed E-state index contributed by atoms with van der Waals surface area (Å²) >= 11 is 0. The normalized spacial score (nSPS) is 24.7. The lowest BCUT2D eigenvalue weighted by Crippen LogP contribution is -2.54. The molecule has 1 saturated carbocycles. The zero-order valence-electron chi connectivity index (χ0n) is 15.7. The molecular formula is C20H26N4O2. The maximum Gasteiger partial charge on any atom is 0.317 e. The molecule has 2 aromatic rings. The fourth-order valence-corrected chi connectivity index (χ4v) is 4.49. The molecule has 1 aliphatic heterocycles. The van der Waals surface area contributed by atoms with Crippen molar-refractivity contribution in [1.29, 1.82) is 0 Å². The van der Waals surface area contributed by atoms with Gasteiger partial charge < -0.3 is 19.7 Å². The molecule has 0 radical (unpaired) electrons. The Kier molecular flexibility index (Phi) is 3.93. The van der Waals surface area contributed by atoms with Crippen molar-refractivity contribution in [2.24, 2.45) is 12.5 Å². The lowest BCUT2D eigenvalue weighted by molar-refractivity contribution is 0.0658. The van der Waals surface area contributed by atoms with E-state index >= 15 is 0 Å². The van der Waals surface area contributed by atoms with E-state index in [2.05, 4.69) is 5.32 Å². The van der Waals surface area contributed by atoms with Crippen LogP contribution >= 0.6 is 0 Å². The molecule has 1 aromatic heterocycles. The number of likely N-dealkylation sites (tertiary alicyclic amines) is 1. The topological polar surface area (TPSA) is 57.6 Å². The number of carbonyl (C=O) groups is 2. The fourth-order valence-electron chi connectivity index (χ4n) is 4.49. The van der Waals surface area contributed by atoms with Crippen LogP contribution in [0.15, 0.2) is 30.3 Å². The van der Waals surface area contributed by atoms with Gasteiger partial charge in [-0.2, -0.15) is 0 Å². The van der Waals surface area contributed by atoms with Crippen LogP contribution in [0.25, 0.3) is 10.9 Å². The molecule has 138 valence electrons. The molecule has 6 nitrogen and oxygen atoms in total. The van der Waals surface area contributed by atoms with Crippen molar-refractivity contribution < 1.29 is 9.59 Å². The van der Waals surface area contributed by atoms with Gasteiger partial charge in [-0.3, -0.25) is 4.79 Å². The third-order valence-electron chi connectivity index (χ3n) is 5.99. The van der Waals surface area contributed by atoms with Gasteiger partial charge in [0.25, 0.3) is 5.91 Å². The molecule has 2 aliphatic rings. The van der Waals surface area contributed by atoms with Gasteiger partial charge >= 0.3 is 6.03 Å². The molecule has 2 fully saturated rings. The highest BCUT2D eigenvalue weighted by atomic mass is 16.2. The molecule has 6 heteroatoms. The third kappa shape index (κ3) is 2.73. The third-order valence-corrected chi connectivity index (χ3v) is 5.99. The van der Waals surface area contributed by atoms with Crippen molar-refractivity contribution in [3.63, 3.8) is 0 Å². The lowest BCUT2D eigenvalue weighted by Gasteiger charge is -2.45. The summed E-state index contributed by atoms with van der Waals surface area (Å²) in [7, 11) is 5.46. The lowest BCUT2D eigenvalue weighted by atomic mass is 9.65. The van der Waals surface area contributed by atoms with Crippen LogP contribution in [0.3, 0.4) is 0 Å². The number of rotatable bonds is 2. The van der Waals surface area contributed by atoms with Crippen LogP contribution in [0.4, 0.5) is 4.79 Å². The van der Waals surface area contributed by atoms with Crippen molar-refractivity contribution in [3.05, 3.63) is 36.0 Å². The van der Waals surface area contributed by atoms with Gasteiger partial charge in [0.15, 0.2) is 0 Å². The molecule has 2 heterocycles. The standard InChI is InChI=1S/C20H26N4O2/c1-22(2)19(26)21-15-11-20(12-15)8-9-24(13-20)18(25)17-10-14-6-4-5-7-16(14)23(17)3/h4-7,10,15H,8-9,11-13H2,1-3H3,(H,21,26). The molecule has 3 amide bonds. The smallest absolute Gasteiger partial charge is 0.317 e. The number of para-hydroxylation sites is 1. The minimum Gasteiger partial charge on any atom is -0.340 e. The Labute approximate surface area is 153 Å². The number of fused-ring (bicyclic) bond motifs is 1. The van der Waals surface area contributed by atoms with Gasteiger partial charge in [0.1, 0.15) is 5.69 Å². The predicted octanol–water partition coefficient (Wildman–Crippen LogP) is 2.44. The summed E-state index contributed by atoms with van der Waals surface area (Å²) in [5.74, 6) is 0.112. The van der Waals surface area contributed by atoms with Crippen molar-refractivity contribution >= 4 is 22.8 Å².